The number of primary amides is 1. The Hall–Kier alpha value is -2.87. The standard InChI is InChI=1S/C19H16ClF3N4O/c1-11-18(17(24)28,8-7-15(26-11)19(21,22)23)12-5-6-13(20)14(10-12)27-16-4-2-3-9-25-16/h2-11H,1H3,(H2,24,28)(H,25,27). The minimum absolute atomic E-state index is 0.348. The van der Waals surface area contributed by atoms with Crippen molar-refractivity contribution in [2.75, 3.05) is 5.32 Å². The minimum Gasteiger partial charge on any atom is -0.369 e. The van der Waals surface area contributed by atoms with Crippen LogP contribution in [0.3, 0.4) is 0 Å². The summed E-state index contributed by atoms with van der Waals surface area (Å²) in [5.74, 6) is -0.299. The third-order valence-corrected chi connectivity index (χ3v) is 4.90. The van der Waals surface area contributed by atoms with Crippen LogP contribution in [-0.4, -0.2) is 28.8 Å². The molecule has 1 aliphatic rings. The lowest BCUT2D eigenvalue weighted by Gasteiger charge is -2.35. The fraction of sp³-hybridized carbons (Fsp3) is 0.211. The summed E-state index contributed by atoms with van der Waals surface area (Å²) in [6.45, 7) is 1.42. The van der Waals surface area contributed by atoms with Crippen LogP contribution in [0.25, 0.3) is 0 Å². The van der Waals surface area contributed by atoms with Gasteiger partial charge >= 0.3 is 6.18 Å². The summed E-state index contributed by atoms with van der Waals surface area (Å²) in [5.41, 5.74) is 3.82. The molecular formula is C19H16ClF3N4O. The number of pyridine rings is 1. The van der Waals surface area contributed by atoms with E-state index in [0.29, 0.717) is 22.1 Å². The second-order valence-electron chi connectivity index (χ2n) is 6.29. The number of dihydropyridines is 1. The van der Waals surface area contributed by atoms with Gasteiger partial charge in [0.25, 0.3) is 0 Å². The van der Waals surface area contributed by atoms with Crippen molar-refractivity contribution in [2.24, 2.45) is 10.7 Å². The van der Waals surface area contributed by atoms with Gasteiger partial charge in [-0.25, -0.2) is 4.98 Å². The van der Waals surface area contributed by atoms with Gasteiger partial charge in [-0.1, -0.05) is 29.8 Å². The highest BCUT2D eigenvalue weighted by Gasteiger charge is 2.47. The number of rotatable bonds is 4. The first-order valence-corrected chi connectivity index (χ1v) is 8.64. The van der Waals surface area contributed by atoms with Gasteiger partial charge in [-0.2, -0.15) is 13.2 Å². The van der Waals surface area contributed by atoms with Crippen molar-refractivity contribution < 1.29 is 18.0 Å². The Morgan fingerprint density at radius 3 is 2.61 bits per heavy atom. The highest BCUT2D eigenvalue weighted by atomic mass is 35.5. The number of carbonyl (C=O) groups is 1. The molecule has 0 spiro atoms. The molecule has 5 nitrogen and oxygen atoms in total. The third-order valence-electron chi connectivity index (χ3n) is 4.57. The fourth-order valence-electron chi connectivity index (χ4n) is 3.09. The lowest BCUT2D eigenvalue weighted by Crippen LogP contribution is -2.49. The second kappa shape index (κ2) is 7.27. The quantitative estimate of drug-likeness (QED) is 0.797. The zero-order valence-corrected chi connectivity index (χ0v) is 15.4. The third kappa shape index (κ3) is 3.60. The van der Waals surface area contributed by atoms with Crippen molar-refractivity contribution in [2.45, 2.75) is 24.6 Å². The summed E-state index contributed by atoms with van der Waals surface area (Å²) in [6, 6.07) is 8.83. The molecule has 0 aliphatic carbocycles. The van der Waals surface area contributed by atoms with E-state index in [1.165, 1.54) is 13.0 Å². The predicted molar refractivity (Wildman–Crippen MR) is 102 cm³/mol. The second-order valence-corrected chi connectivity index (χ2v) is 6.70. The van der Waals surface area contributed by atoms with E-state index >= 15 is 0 Å². The van der Waals surface area contributed by atoms with Crippen molar-refractivity contribution in [3.63, 3.8) is 0 Å². The van der Waals surface area contributed by atoms with Gasteiger partial charge in [0, 0.05) is 6.20 Å². The van der Waals surface area contributed by atoms with Crippen molar-refractivity contribution >= 4 is 34.7 Å². The topological polar surface area (TPSA) is 80.4 Å². The lowest BCUT2D eigenvalue weighted by atomic mass is 9.72. The number of halogens is 4. The smallest absolute Gasteiger partial charge is 0.369 e. The Balaban J connectivity index is 2.05. The van der Waals surface area contributed by atoms with Crippen LogP contribution in [0.2, 0.25) is 5.02 Å². The molecule has 2 unspecified atom stereocenters. The number of benzene rings is 1. The molecule has 9 heteroatoms. The Bertz CT molecular complexity index is 959. The molecule has 1 amide bonds. The summed E-state index contributed by atoms with van der Waals surface area (Å²) in [7, 11) is 0. The highest BCUT2D eigenvalue weighted by Crippen LogP contribution is 2.39. The molecule has 0 saturated heterocycles. The van der Waals surface area contributed by atoms with E-state index in [2.05, 4.69) is 15.3 Å². The van der Waals surface area contributed by atoms with Gasteiger partial charge in [0.1, 0.15) is 16.9 Å². The molecule has 0 saturated carbocycles. The average Bonchev–Trinajstić information content (AvgIpc) is 2.63. The molecule has 2 heterocycles. The largest absolute Gasteiger partial charge is 0.432 e. The summed E-state index contributed by atoms with van der Waals surface area (Å²) >= 11 is 6.23. The lowest BCUT2D eigenvalue weighted by molar-refractivity contribution is -0.122. The van der Waals surface area contributed by atoms with Crippen LogP contribution in [-0.2, 0) is 10.2 Å². The van der Waals surface area contributed by atoms with Crippen molar-refractivity contribution in [3.8, 4) is 0 Å². The number of carbonyl (C=O) groups excluding carboxylic acids is 1. The fourth-order valence-corrected chi connectivity index (χ4v) is 3.26. The Labute approximate surface area is 164 Å². The van der Waals surface area contributed by atoms with E-state index in [4.69, 9.17) is 17.3 Å². The number of aromatic nitrogens is 1. The zero-order valence-electron chi connectivity index (χ0n) is 14.7. The van der Waals surface area contributed by atoms with Crippen LogP contribution < -0.4 is 11.1 Å². The normalized spacial score (nSPS) is 21.9. The summed E-state index contributed by atoms with van der Waals surface area (Å²) in [6.07, 6.45) is -1.08. The molecule has 1 aliphatic heterocycles. The first kappa shape index (κ1) is 19.9. The van der Waals surface area contributed by atoms with Crippen LogP contribution in [0.4, 0.5) is 24.7 Å². The number of anilines is 2. The maximum absolute atomic E-state index is 13.0. The average molecular weight is 409 g/mol. The van der Waals surface area contributed by atoms with E-state index < -0.39 is 29.3 Å². The van der Waals surface area contributed by atoms with Gasteiger partial charge in [-0.3, -0.25) is 9.79 Å². The Morgan fingerprint density at radius 1 is 1.29 bits per heavy atom. The number of aliphatic imine (C=N–C) groups is 1. The number of nitrogens with zero attached hydrogens (tertiary/aromatic N) is 2. The van der Waals surface area contributed by atoms with Gasteiger partial charge in [0.15, 0.2) is 0 Å². The van der Waals surface area contributed by atoms with Crippen molar-refractivity contribution in [1.82, 2.24) is 4.98 Å². The first-order chi connectivity index (χ1) is 13.1. The molecule has 0 radical (unpaired) electrons. The summed E-state index contributed by atoms with van der Waals surface area (Å²) in [4.78, 5) is 20.2. The maximum Gasteiger partial charge on any atom is 0.432 e. The molecule has 2 aromatic rings. The number of hydrogen-bond acceptors (Lipinski definition) is 4. The van der Waals surface area contributed by atoms with Gasteiger partial charge < -0.3 is 11.1 Å². The molecule has 0 bridgehead atoms. The predicted octanol–water partition coefficient (Wildman–Crippen LogP) is 4.16. The van der Waals surface area contributed by atoms with E-state index in [1.807, 2.05) is 0 Å². The van der Waals surface area contributed by atoms with E-state index in [0.717, 1.165) is 12.2 Å². The number of amides is 1. The van der Waals surface area contributed by atoms with Crippen LogP contribution >= 0.6 is 11.6 Å². The van der Waals surface area contributed by atoms with Crippen molar-refractivity contribution in [3.05, 3.63) is 65.3 Å². The molecule has 1 aromatic heterocycles. The molecule has 1 aromatic carbocycles. The minimum atomic E-state index is -4.61. The molecule has 2 atom stereocenters. The molecule has 146 valence electrons. The van der Waals surface area contributed by atoms with Crippen LogP contribution in [0.5, 0.6) is 0 Å². The summed E-state index contributed by atoms with van der Waals surface area (Å²) in [5, 5.41) is 3.37. The van der Waals surface area contributed by atoms with Gasteiger partial charge in [0.05, 0.1) is 16.8 Å². The molecule has 3 N–H and O–H groups in total. The molecule has 3 rings (SSSR count). The Kier molecular flexibility index (Phi) is 5.16. The number of hydrogen-bond donors (Lipinski definition) is 2. The SMILES string of the molecule is CC1N=C(C(F)(F)F)C=CC1(C(N)=O)c1ccc(Cl)c(Nc2ccccn2)c1. The van der Waals surface area contributed by atoms with Crippen LogP contribution in [0.1, 0.15) is 12.5 Å². The van der Waals surface area contributed by atoms with Gasteiger partial charge in [-0.15, -0.1) is 0 Å². The van der Waals surface area contributed by atoms with Crippen LogP contribution in [0.15, 0.2) is 59.7 Å². The molecular weight excluding hydrogens is 393 g/mol. The van der Waals surface area contributed by atoms with E-state index in [1.54, 1.807) is 36.5 Å². The van der Waals surface area contributed by atoms with E-state index in [-0.39, 0.29) is 0 Å². The number of nitrogens with two attached hydrogens (primary N) is 1. The summed E-state index contributed by atoms with van der Waals surface area (Å²) < 4.78 is 39.0. The van der Waals surface area contributed by atoms with Crippen molar-refractivity contribution in [1.29, 1.82) is 0 Å². The first-order valence-electron chi connectivity index (χ1n) is 8.27. The van der Waals surface area contributed by atoms with E-state index in [9.17, 15) is 18.0 Å². The maximum atomic E-state index is 13.0. The van der Waals surface area contributed by atoms with Gasteiger partial charge in [-0.05, 0) is 42.8 Å². The number of allylic oxidation sites excluding steroid dienone is 1. The number of alkyl halides is 3. The van der Waals surface area contributed by atoms with Crippen LogP contribution in [0, 0.1) is 0 Å². The highest BCUT2D eigenvalue weighted by molar-refractivity contribution is 6.33. The number of nitrogens with one attached hydrogen (secondary N) is 1. The monoisotopic (exact) mass is 408 g/mol. The Morgan fingerprint density at radius 2 is 2.04 bits per heavy atom. The zero-order chi connectivity index (χ0) is 20.5. The molecule has 0 fully saturated rings. The molecule has 28 heavy (non-hydrogen) atoms. The van der Waals surface area contributed by atoms with Gasteiger partial charge in [0.2, 0.25) is 5.91 Å².